The van der Waals surface area contributed by atoms with E-state index in [1.165, 1.54) is 0 Å². The molecular weight excluding hydrogens is 78.0 g/mol. The van der Waals surface area contributed by atoms with Crippen molar-refractivity contribution in [3.63, 3.8) is 0 Å². The fraction of sp³-hybridized carbons (Fsp3) is 0.250. The van der Waals surface area contributed by atoms with Crippen LogP contribution in [0.2, 0.25) is 0 Å². The Labute approximate surface area is 36.8 Å². The molecule has 0 saturated carbocycles. The molecule has 0 bridgehead atoms. The zero-order valence-electron chi connectivity index (χ0n) is 3.19. The molecule has 0 saturated heterocycles. The molecule has 0 aromatic heterocycles. The Bertz CT molecular complexity index is 52.6. The van der Waals surface area contributed by atoms with Crippen LogP contribution in [-0.2, 0) is 4.84 Å². The Morgan fingerprint density at radius 3 is 3.00 bits per heavy atom. The fourth-order valence-electron chi connectivity index (χ4n) is 0.242. The van der Waals surface area contributed by atoms with E-state index in [1.54, 1.807) is 6.08 Å². The predicted octanol–water partition coefficient (Wildman–Crippen LogP) is -0.0806. The van der Waals surface area contributed by atoms with Gasteiger partial charge >= 0.3 is 0 Å². The molecule has 1 N–H and O–H groups in total. The minimum atomic E-state index is 0.590. The molecule has 0 unspecified atom stereocenters. The first-order chi connectivity index (χ1) is 3.00. The van der Waals surface area contributed by atoms with Crippen LogP contribution in [0.1, 0.15) is 0 Å². The van der Waals surface area contributed by atoms with Crippen LogP contribution in [0.3, 0.4) is 0 Å². The maximum absolute atomic E-state index is 4.59. The molecule has 1 aliphatic heterocycles. The number of rotatable bonds is 0. The van der Waals surface area contributed by atoms with Gasteiger partial charge in [0.1, 0.15) is 6.54 Å². The van der Waals surface area contributed by atoms with Crippen molar-refractivity contribution in [1.29, 1.82) is 0 Å². The van der Waals surface area contributed by atoms with Crippen LogP contribution in [0, 0.1) is 12.6 Å². The van der Waals surface area contributed by atoms with Gasteiger partial charge in [-0.25, -0.2) is 0 Å². The average molecular weight is 82.1 g/mol. The van der Waals surface area contributed by atoms with Crippen LogP contribution >= 0.6 is 0 Å². The summed E-state index contributed by atoms with van der Waals surface area (Å²) in [6.07, 6.45) is 4.42. The van der Waals surface area contributed by atoms with Crippen molar-refractivity contribution in [3.05, 3.63) is 18.7 Å². The Hall–Kier alpha value is -0.340. The van der Waals surface area contributed by atoms with Gasteiger partial charge in [0, 0.05) is 0 Å². The third-order valence-corrected chi connectivity index (χ3v) is 0.464. The second kappa shape index (κ2) is 1.95. The number of hydrogen-bond acceptors (Lipinski definition) is 2. The SMILES string of the molecule is [C]1[C]=CCON1. The second-order valence-electron chi connectivity index (χ2n) is 0.887. The Kier molecular flexibility index (Phi) is 1.25. The van der Waals surface area contributed by atoms with E-state index in [4.69, 9.17) is 0 Å². The topological polar surface area (TPSA) is 21.3 Å². The third kappa shape index (κ3) is 0.808. The van der Waals surface area contributed by atoms with Crippen LogP contribution in [0.4, 0.5) is 0 Å². The largest absolute Gasteiger partial charge is 0.297 e. The van der Waals surface area contributed by atoms with Crippen LogP contribution < -0.4 is 5.48 Å². The van der Waals surface area contributed by atoms with E-state index in [0.717, 1.165) is 0 Å². The van der Waals surface area contributed by atoms with Crippen molar-refractivity contribution in [3.8, 4) is 0 Å². The lowest BCUT2D eigenvalue weighted by Crippen LogP contribution is -2.13. The van der Waals surface area contributed by atoms with Crippen LogP contribution in [0.25, 0.3) is 0 Å². The van der Waals surface area contributed by atoms with Gasteiger partial charge < -0.3 is 0 Å². The first-order valence-corrected chi connectivity index (χ1v) is 1.69. The number of hydrogen-bond donors (Lipinski definition) is 1. The van der Waals surface area contributed by atoms with E-state index in [-0.39, 0.29) is 0 Å². The monoisotopic (exact) mass is 82.0 g/mol. The van der Waals surface area contributed by atoms with E-state index in [2.05, 4.69) is 22.9 Å². The summed E-state index contributed by atoms with van der Waals surface area (Å²) >= 11 is 0. The molecule has 1 aliphatic rings. The molecule has 1 heterocycles. The van der Waals surface area contributed by atoms with Gasteiger partial charge in [-0.05, 0) is 6.08 Å². The molecule has 0 aromatic rings. The molecule has 0 atom stereocenters. The highest BCUT2D eigenvalue weighted by molar-refractivity contribution is 4.85. The minimum Gasteiger partial charge on any atom is -0.297 e. The van der Waals surface area contributed by atoms with Crippen LogP contribution in [0.5, 0.6) is 0 Å². The molecule has 0 aliphatic carbocycles. The summed E-state index contributed by atoms with van der Waals surface area (Å²) in [5.74, 6) is 0. The lowest BCUT2D eigenvalue weighted by molar-refractivity contribution is 0.0779. The molecular formula is C4H4NO. The lowest BCUT2D eigenvalue weighted by Gasteiger charge is -2.00. The molecule has 0 amide bonds. The van der Waals surface area contributed by atoms with Crippen molar-refractivity contribution in [2.24, 2.45) is 0 Å². The van der Waals surface area contributed by atoms with Gasteiger partial charge in [0.15, 0.2) is 0 Å². The van der Waals surface area contributed by atoms with Crippen molar-refractivity contribution in [2.75, 3.05) is 6.61 Å². The highest BCUT2D eigenvalue weighted by Gasteiger charge is 1.86. The van der Waals surface area contributed by atoms with Gasteiger partial charge in [-0.2, -0.15) is 5.48 Å². The summed E-state index contributed by atoms with van der Waals surface area (Å²) in [5.41, 5.74) is 2.39. The number of hydroxylamine groups is 1. The number of nitrogens with one attached hydrogen (secondary N) is 1. The Balaban J connectivity index is 2.26. The second-order valence-corrected chi connectivity index (χ2v) is 0.887. The Morgan fingerprint density at radius 2 is 2.83 bits per heavy atom. The molecule has 2 heteroatoms. The fourth-order valence-corrected chi connectivity index (χ4v) is 0.242. The minimum absolute atomic E-state index is 0.590. The first kappa shape index (κ1) is 3.84. The molecule has 2 nitrogen and oxygen atoms in total. The van der Waals surface area contributed by atoms with Crippen molar-refractivity contribution < 1.29 is 4.84 Å². The molecule has 0 aromatic carbocycles. The molecule has 3 radical (unpaired) electrons. The summed E-state index contributed by atoms with van der Waals surface area (Å²) in [6, 6.07) is 0. The molecule has 6 heavy (non-hydrogen) atoms. The normalized spacial score (nSPS) is 21.3. The van der Waals surface area contributed by atoms with Crippen LogP contribution in [0.15, 0.2) is 6.08 Å². The van der Waals surface area contributed by atoms with E-state index in [0.29, 0.717) is 6.61 Å². The van der Waals surface area contributed by atoms with Crippen LogP contribution in [-0.4, -0.2) is 6.61 Å². The van der Waals surface area contributed by atoms with E-state index in [1.807, 2.05) is 0 Å². The van der Waals surface area contributed by atoms with E-state index < -0.39 is 0 Å². The summed E-state index contributed by atoms with van der Waals surface area (Å²) < 4.78 is 0. The van der Waals surface area contributed by atoms with E-state index >= 15 is 0 Å². The van der Waals surface area contributed by atoms with Gasteiger partial charge in [-0.1, -0.05) is 6.08 Å². The van der Waals surface area contributed by atoms with Gasteiger partial charge in [0.05, 0.1) is 6.61 Å². The smallest absolute Gasteiger partial charge is 0.122 e. The van der Waals surface area contributed by atoms with Crippen molar-refractivity contribution in [2.45, 2.75) is 0 Å². The van der Waals surface area contributed by atoms with E-state index in [9.17, 15) is 0 Å². The lowest BCUT2D eigenvalue weighted by atomic mass is 10.5. The van der Waals surface area contributed by atoms with Crippen molar-refractivity contribution in [1.82, 2.24) is 5.48 Å². The predicted molar refractivity (Wildman–Crippen MR) is 20.1 cm³/mol. The summed E-state index contributed by atoms with van der Waals surface area (Å²) in [6.45, 7) is 3.10. The van der Waals surface area contributed by atoms with Gasteiger partial charge in [0.2, 0.25) is 0 Å². The maximum atomic E-state index is 4.59. The maximum Gasteiger partial charge on any atom is 0.122 e. The highest BCUT2D eigenvalue weighted by atomic mass is 16.6. The summed E-state index contributed by atoms with van der Waals surface area (Å²) in [5, 5.41) is 0. The summed E-state index contributed by atoms with van der Waals surface area (Å²) in [7, 11) is 0. The first-order valence-electron chi connectivity index (χ1n) is 1.69. The molecule has 0 fully saturated rings. The van der Waals surface area contributed by atoms with Crippen molar-refractivity contribution >= 4 is 0 Å². The quantitative estimate of drug-likeness (QED) is 0.441. The average Bonchev–Trinajstić information content (AvgIpc) is 1.72. The molecule has 31 valence electrons. The van der Waals surface area contributed by atoms with Gasteiger partial charge in [0.25, 0.3) is 0 Å². The Morgan fingerprint density at radius 1 is 1.83 bits per heavy atom. The van der Waals surface area contributed by atoms with Gasteiger partial charge in [-0.15, -0.1) is 0 Å². The standard InChI is InChI=1S/C4H4NO/c1-2-4-6-5-3-1/h2,5H,4H2. The zero-order chi connectivity index (χ0) is 4.24. The molecule has 1 rings (SSSR count). The highest BCUT2D eigenvalue weighted by Crippen LogP contribution is 1.81. The van der Waals surface area contributed by atoms with Gasteiger partial charge in [-0.3, -0.25) is 4.84 Å². The summed E-state index contributed by atoms with van der Waals surface area (Å²) in [4.78, 5) is 4.59. The third-order valence-electron chi connectivity index (χ3n) is 0.464. The zero-order valence-corrected chi connectivity index (χ0v) is 3.19. The molecule has 0 spiro atoms.